The van der Waals surface area contributed by atoms with Crippen molar-refractivity contribution in [2.75, 3.05) is 0 Å². The second kappa shape index (κ2) is 14.4. The molecular formula is C54H32N10. The summed E-state index contributed by atoms with van der Waals surface area (Å²) in [5.41, 5.74) is 16.2. The lowest BCUT2D eigenvalue weighted by Crippen LogP contribution is -2.27. The van der Waals surface area contributed by atoms with Crippen LogP contribution < -0.4 is 0 Å². The Balaban J connectivity index is 0.938. The number of rotatable bonds is 6. The smallest absolute Gasteiger partial charge is 0.164 e. The third kappa shape index (κ3) is 5.95. The number of hydrogen-bond acceptors (Lipinski definition) is 10. The van der Waals surface area contributed by atoms with Crippen molar-refractivity contribution in [3.63, 3.8) is 0 Å². The lowest BCUT2D eigenvalue weighted by Gasteiger charge is -2.42. The molecule has 0 saturated heterocycles. The lowest BCUT2D eigenvalue weighted by atomic mass is 9.61. The van der Waals surface area contributed by atoms with Crippen molar-refractivity contribution in [3.05, 3.63) is 216 Å². The predicted octanol–water partition coefficient (Wildman–Crippen LogP) is 10.9. The van der Waals surface area contributed by atoms with E-state index in [0.717, 1.165) is 55.4 Å². The topological polar surface area (TPSA) is 129 Å². The molecule has 14 rings (SSSR count). The van der Waals surface area contributed by atoms with Gasteiger partial charge in [0, 0.05) is 70.0 Å². The van der Waals surface area contributed by atoms with Crippen molar-refractivity contribution >= 4 is 22.1 Å². The van der Waals surface area contributed by atoms with Crippen molar-refractivity contribution in [2.24, 2.45) is 0 Å². The number of aromatic nitrogens is 10. The van der Waals surface area contributed by atoms with Crippen molar-refractivity contribution in [2.45, 2.75) is 11.8 Å². The molecule has 2 unspecified atom stereocenters. The standard InChI is InChI=1S/C54H32N10/c1-3-9-31(10-4-1)49-59-51(63-53(61-49)35-17-21-43-45(29-35)57-25-23-55-43)33-15-19-39-41(27-33)47-37-13-7-8-14-38(37)48(39)42-28-34(16-20-40(42)47)52-60-50(32-11-5-2-6-12-32)62-54(64-52)36-18-22-44-46(30-36)58-26-24-56-44/h1-30,47-48H. The minimum atomic E-state index is 0.00155. The maximum atomic E-state index is 5.13. The van der Waals surface area contributed by atoms with Gasteiger partial charge < -0.3 is 0 Å². The van der Waals surface area contributed by atoms with Crippen LogP contribution in [0, 0.1) is 0 Å². The van der Waals surface area contributed by atoms with E-state index in [1.807, 2.05) is 97.1 Å². The molecular weight excluding hydrogens is 789 g/mol. The van der Waals surface area contributed by atoms with Crippen LogP contribution in [0.2, 0.25) is 0 Å². The Kier molecular flexibility index (Phi) is 8.10. The van der Waals surface area contributed by atoms with Gasteiger partial charge >= 0.3 is 0 Å². The van der Waals surface area contributed by atoms with Crippen LogP contribution in [0.5, 0.6) is 0 Å². The van der Waals surface area contributed by atoms with E-state index in [1.165, 1.54) is 33.4 Å². The van der Waals surface area contributed by atoms with Crippen LogP contribution in [-0.4, -0.2) is 49.8 Å². The second-order valence-electron chi connectivity index (χ2n) is 16.0. The van der Waals surface area contributed by atoms with Crippen LogP contribution in [0.1, 0.15) is 45.2 Å². The Morgan fingerprint density at radius 1 is 0.234 bits per heavy atom. The van der Waals surface area contributed by atoms with Crippen molar-refractivity contribution in [1.82, 2.24) is 49.8 Å². The van der Waals surface area contributed by atoms with Gasteiger partial charge in [-0.25, -0.2) is 29.9 Å². The molecule has 0 radical (unpaired) electrons. The van der Waals surface area contributed by atoms with Crippen LogP contribution >= 0.6 is 0 Å². The number of fused-ring (bicyclic) bond motifs is 2. The van der Waals surface area contributed by atoms with Gasteiger partial charge in [0.2, 0.25) is 0 Å². The molecule has 0 amide bonds. The average Bonchev–Trinajstić information content (AvgIpc) is 3.38. The van der Waals surface area contributed by atoms with Crippen molar-refractivity contribution in [1.29, 1.82) is 0 Å². The van der Waals surface area contributed by atoms with E-state index in [4.69, 9.17) is 29.9 Å². The van der Waals surface area contributed by atoms with Crippen molar-refractivity contribution < 1.29 is 0 Å². The summed E-state index contributed by atoms with van der Waals surface area (Å²) in [4.78, 5) is 48.5. The Hall–Kier alpha value is -8.76. The Morgan fingerprint density at radius 3 is 0.953 bits per heavy atom. The average molecular weight is 821 g/mol. The molecule has 0 fully saturated rings. The molecule has 10 heteroatoms. The van der Waals surface area contributed by atoms with E-state index in [9.17, 15) is 0 Å². The molecule has 0 saturated carbocycles. The normalized spacial score (nSPS) is 14.6. The van der Waals surface area contributed by atoms with E-state index in [1.54, 1.807) is 24.8 Å². The molecule has 2 atom stereocenters. The van der Waals surface area contributed by atoms with Gasteiger partial charge in [-0.3, -0.25) is 19.9 Å². The van der Waals surface area contributed by atoms with Gasteiger partial charge in [0.15, 0.2) is 34.9 Å². The SMILES string of the molecule is c1ccc(-c2nc(-c3ccc4c(c3)C3c5ccccc5C4c4cc(-c5nc(-c6ccccc6)nc(-c6ccc7nccnc7c6)n5)ccc43)nc(-c3ccc4nccnc4c3)n2)cc1. The Labute approximate surface area is 366 Å². The maximum Gasteiger partial charge on any atom is 0.164 e. The number of benzene rings is 7. The van der Waals surface area contributed by atoms with Crippen LogP contribution in [0.3, 0.4) is 0 Å². The Morgan fingerprint density at radius 2 is 0.547 bits per heavy atom. The molecule has 4 heterocycles. The maximum absolute atomic E-state index is 5.13. The monoisotopic (exact) mass is 820 g/mol. The predicted molar refractivity (Wildman–Crippen MR) is 247 cm³/mol. The Bertz CT molecular complexity index is 3410. The zero-order chi connectivity index (χ0) is 42.1. The number of hydrogen-bond donors (Lipinski definition) is 0. The molecule has 7 aromatic carbocycles. The summed E-state index contributed by atoms with van der Waals surface area (Å²) in [6.07, 6.45) is 6.80. The molecule has 11 aromatic rings. The van der Waals surface area contributed by atoms with Gasteiger partial charge in [-0.2, -0.15) is 0 Å². The highest BCUT2D eigenvalue weighted by molar-refractivity contribution is 5.82. The molecule has 4 aromatic heterocycles. The fourth-order valence-electron chi connectivity index (χ4n) is 9.40. The molecule has 298 valence electrons. The second-order valence-corrected chi connectivity index (χ2v) is 16.0. The highest BCUT2D eigenvalue weighted by Crippen LogP contribution is 2.56. The third-order valence-electron chi connectivity index (χ3n) is 12.3. The summed E-state index contributed by atoms with van der Waals surface area (Å²) >= 11 is 0. The quantitative estimate of drug-likeness (QED) is 0.160. The minimum absolute atomic E-state index is 0.00155. The molecule has 10 nitrogen and oxygen atoms in total. The summed E-state index contributed by atoms with van der Waals surface area (Å²) in [5, 5.41) is 0. The molecule has 0 aliphatic heterocycles. The molecule has 0 N–H and O–H groups in total. The lowest BCUT2D eigenvalue weighted by molar-refractivity contribution is 0.754. The van der Waals surface area contributed by atoms with Gasteiger partial charge in [-0.15, -0.1) is 0 Å². The van der Waals surface area contributed by atoms with Gasteiger partial charge in [0.25, 0.3) is 0 Å². The van der Waals surface area contributed by atoms with E-state index >= 15 is 0 Å². The summed E-state index contributed by atoms with van der Waals surface area (Å²) in [6.45, 7) is 0. The summed E-state index contributed by atoms with van der Waals surface area (Å²) in [5.74, 6) is 3.57. The molecule has 3 aliphatic rings. The van der Waals surface area contributed by atoms with Gasteiger partial charge in [0.05, 0.1) is 22.1 Å². The van der Waals surface area contributed by atoms with Crippen molar-refractivity contribution in [3.8, 4) is 68.3 Å². The zero-order valence-corrected chi connectivity index (χ0v) is 33.9. The summed E-state index contributed by atoms with van der Waals surface area (Å²) < 4.78 is 0. The fourth-order valence-corrected chi connectivity index (χ4v) is 9.40. The zero-order valence-electron chi connectivity index (χ0n) is 33.9. The number of nitrogens with zero attached hydrogens (tertiary/aromatic N) is 10. The summed E-state index contributed by atoms with van der Waals surface area (Å²) in [6, 6.07) is 54.3. The first-order valence-corrected chi connectivity index (χ1v) is 21.1. The van der Waals surface area contributed by atoms with E-state index in [2.05, 4.69) is 80.6 Å². The van der Waals surface area contributed by atoms with Gasteiger partial charge in [-0.1, -0.05) is 109 Å². The fraction of sp³-hybridized carbons (Fsp3) is 0.0370. The first-order valence-electron chi connectivity index (χ1n) is 21.1. The van der Waals surface area contributed by atoms with Gasteiger partial charge in [-0.05, 0) is 81.9 Å². The van der Waals surface area contributed by atoms with Crippen LogP contribution in [-0.2, 0) is 0 Å². The third-order valence-corrected chi connectivity index (χ3v) is 12.3. The molecule has 2 bridgehead atoms. The minimum Gasteiger partial charge on any atom is -0.253 e. The molecule has 64 heavy (non-hydrogen) atoms. The molecule has 0 spiro atoms. The highest BCUT2D eigenvalue weighted by Gasteiger charge is 2.41. The first kappa shape index (κ1) is 35.9. The highest BCUT2D eigenvalue weighted by atomic mass is 15.0. The van der Waals surface area contributed by atoms with Crippen LogP contribution in [0.15, 0.2) is 183 Å². The van der Waals surface area contributed by atoms with E-state index in [-0.39, 0.29) is 11.8 Å². The van der Waals surface area contributed by atoms with E-state index < -0.39 is 0 Å². The van der Waals surface area contributed by atoms with Crippen LogP contribution in [0.4, 0.5) is 0 Å². The summed E-state index contributed by atoms with van der Waals surface area (Å²) in [7, 11) is 0. The molecule has 3 aliphatic carbocycles. The first-order chi connectivity index (χ1) is 31.7. The van der Waals surface area contributed by atoms with Crippen LogP contribution in [0.25, 0.3) is 90.4 Å². The largest absolute Gasteiger partial charge is 0.253 e. The van der Waals surface area contributed by atoms with E-state index in [0.29, 0.717) is 34.9 Å². The van der Waals surface area contributed by atoms with Gasteiger partial charge in [0.1, 0.15) is 0 Å².